The first-order valence-electron chi connectivity index (χ1n) is 7.13. The maximum atomic E-state index is 13.1. The second-order valence-corrected chi connectivity index (χ2v) is 5.67. The van der Waals surface area contributed by atoms with Crippen molar-refractivity contribution in [3.8, 4) is 0 Å². The van der Waals surface area contributed by atoms with Crippen LogP contribution in [0.2, 0.25) is 0 Å². The number of halogens is 2. The maximum Gasteiger partial charge on any atom is 0.159 e. The van der Waals surface area contributed by atoms with Crippen LogP contribution in [0.5, 0.6) is 0 Å². The Kier molecular flexibility index (Phi) is 4.01. The van der Waals surface area contributed by atoms with Gasteiger partial charge in [-0.2, -0.15) is 0 Å². The SMILES string of the molecule is OC(CNC1CCOC1C1CC1)c1ccc(F)c(F)c1. The van der Waals surface area contributed by atoms with E-state index in [1.54, 1.807) is 0 Å². The molecular weight excluding hydrogens is 264 g/mol. The van der Waals surface area contributed by atoms with E-state index in [4.69, 9.17) is 4.74 Å². The molecule has 2 aliphatic rings. The first kappa shape index (κ1) is 13.9. The topological polar surface area (TPSA) is 41.5 Å². The van der Waals surface area contributed by atoms with Crippen LogP contribution in [0, 0.1) is 17.6 Å². The Morgan fingerprint density at radius 3 is 2.75 bits per heavy atom. The molecule has 2 N–H and O–H groups in total. The molecule has 0 radical (unpaired) electrons. The fourth-order valence-electron chi connectivity index (χ4n) is 2.82. The fourth-order valence-corrected chi connectivity index (χ4v) is 2.82. The third kappa shape index (κ3) is 3.00. The van der Waals surface area contributed by atoms with E-state index in [2.05, 4.69) is 5.32 Å². The van der Waals surface area contributed by atoms with Crippen LogP contribution in [0.15, 0.2) is 18.2 Å². The van der Waals surface area contributed by atoms with Gasteiger partial charge >= 0.3 is 0 Å². The van der Waals surface area contributed by atoms with Crippen molar-refractivity contribution in [1.82, 2.24) is 5.32 Å². The molecule has 3 rings (SSSR count). The van der Waals surface area contributed by atoms with Gasteiger partial charge in [0.25, 0.3) is 0 Å². The summed E-state index contributed by atoms with van der Waals surface area (Å²) in [6, 6.07) is 3.75. The average molecular weight is 283 g/mol. The number of hydrogen-bond donors (Lipinski definition) is 2. The summed E-state index contributed by atoms with van der Waals surface area (Å²) in [5.74, 6) is -1.18. The van der Waals surface area contributed by atoms with Crippen molar-refractivity contribution < 1.29 is 18.6 Å². The molecule has 5 heteroatoms. The predicted molar refractivity (Wildman–Crippen MR) is 70.2 cm³/mol. The number of aliphatic hydroxyl groups is 1. The number of hydrogen-bond acceptors (Lipinski definition) is 3. The maximum absolute atomic E-state index is 13.1. The molecule has 20 heavy (non-hydrogen) atoms. The molecule has 0 amide bonds. The van der Waals surface area contributed by atoms with Crippen molar-refractivity contribution >= 4 is 0 Å². The normalized spacial score (nSPS) is 27.8. The molecule has 1 aliphatic carbocycles. The van der Waals surface area contributed by atoms with Crippen molar-refractivity contribution in [1.29, 1.82) is 0 Å². The highest BCUT2D eigenvalue weighted by Crippen LogP contribution is 2.38. The first-order chi connectivity index (χ1) is 9.65. The van der Waals surface area contributed by atoms with Crippen LogP contribution in [0.1, 0.15) is 30.9 Å². The van der Waals surface area contributed by atoms with E-state index < -0.39 is 17.7 Å². The molecule has 3 unspecified atom stereocenters. The van der Waals surface area contributed by atoms with Crippen molar-refractivity contribution in [2.75, 3.05) is 13.2 Å². The van der Waals surface area contributed by atoms with Gasteiger partial charge < -0.3 is 15.2 Å². The van der Waals surface area contributed by atoms with Crippen molar-refractivity contribution in [2.24, 2.45) is 5.92 Å². The lowest BCUT2D eigenvalue weighted by Gasteiger charge is -2.21. The fraction of sp³-hybridized carbons (Fsp3) is 0.600. The first-order valence-corrected chi connectivity index (χ1v) is 7.13. The molecule has 1 saturated carbocycles. The van der Waals surface area contributed by atoms with Gasteiger partial charge in [0, 0.05) is 19.2 Å². The summed E-state index contributed by atoms with van der Waals surface area (Å²) in [6.45, 7) is 1.07. The van der Waals surface area contributed by atoms with Crippen molar-refractivity contribution in [3.63, 3.8) is 0 Å². The number of nitrogens with one attached hydrogen (secondary N) is 1. The highest BCUT2D eigenvalue weighted by molar-refractivity contribution is 5.20. The minimum Gasteiger partial charge on any atom is -0.387 e. The summed E-state index contributed by atoms with van der Waals surface area (Å²) in [4.78, 5) is 0. The average Bonchev–Trinajstić information content (AvgIpc) is 3.18. The van der Waals surface area contributed by atoms with Crippen molar-refractivity contribution in [2.45, 2.75) is 37.5 Å². The molecule has 1 saturated heterocycles. The molecule has 110 valence electrons. The van der Waals surface area contributed by atoms with Crippen LogP contribution in [0.25, 0.3) is 0 Å². The Balaban J connectivity index is 1.55. The summed E-state index contributed by atoms with van der Waals surface area (Å²) in [5, 5.41) is 13.3. The predicted octanol–water partition coefficient (Wildman–Crippen LogP) is 2.16. The van der Waals surface area contributed by atoms with Gasteiger partial charge in [-0.05, 0) is 42.9 Å². The van der Waals surface area contributed by atoms with Crippen LogP contribution in [0.4, 0.5) is 8.78 Å². The van der Waals surface area contributed by atoms with E-state index in [0.29, 0.717) is 18.0 Å². The van der Waals surface area contributed by atoms with Gasteiger partial charge in [-0.3, -0.25) is 0 Å². The molecule has 0 aromatic heterocycles. The Bertz CT molecular complexity index is 479. The summed E-state index contributed by atoms with van der Waals surface area (Å²) in [5.41, 5.74) is 0.387. The van der Waals surface area contributed by atoms with Gasteiger partial charge in [-0.25, -0.2) is 8.78 Å². The van der Waals surface area contributed by atoms with Crippen LogP contribution in [0.3, 0.4) is 0 Å². The van der Waals surface area contributed by atoms with Gasteiger partial charge in [0.05, 0.1) is 12.2 Å². The molecule has 1 aliphatic heterocycles. The monoisotopic (exact) mass is 283 g/mol. The molecule has 0 spiro atoms. The quantitative estimate of drug-likeness (QED) is 0.870. The zero-order chi connectivity index (χ0) is 14.1. The number of rotatable bonds is 5. The standard InChI is InChI=1S/C15H19F2NO2/c16-11-4-3-10(7-12(11)17)14(19)8-18-13-5-6-20-15(13)9-1-2-9/h3-4,7,9,13-15,18-19H,1-2,5-6,8H2. The minimum atomic E-state index is -0.929. The van der Waals surface area contributed by atoms with Crippen molar-refractivity contribution in [3.05, 3.63) is 35.4 Å². The van der Waals surface area contributed by atoms with Gasteiger partial charge in [-0.1, -0.05) is 6.07 Å². The Morgan fingerprint density at radius 2 is 2.05 bits per heavy atom. The largest absolute Gasteiger partial charge is 0.387 e. The van der Waals surface area contributed by atoms with Crippen LogP contribution in [-0.4, -0.2) is 30.4 Å². The number of aliphatic hydroxyl groups excluding tert-OH is 1. The van der Waals surface area contributed by atoms with Crippen LogP contribution >= 0.6 is 0 Å². The van der Waals surface area contributed by atoms with Gasteiger partial charge in [0.15, 0.2) is 11.6 Å². The molecule has 1 heterocycles. The molecule has 0 bridgehead atoms. The zero-order valence-corrected chi connectivity index (χ0v) is 11.2. The summed E-state index contributed by atoms with van der Waals surface area (Å²) >= 11 is 0. The Hall–Kier alpha value is -1.04. The molecule has 3 nitrogen and oxygen atoms in total. The number of ether oxygens (including phenoxy) is 1. The van der Waals surface area contributed by atoms with Crippen LogP contribution < -0.4 is 5.32 Å². The summed E-state index contributed by atoms with van der Waals surface area (Å²) in [6.07, 6.45) is 2.77. The Morgan fingerprint density at radius 1 is 1.25 bits per heavy atom. The summed E-state index contributed by atoms with van der Waals surface area (Å²) in [7, 11) is 0. The van der Waals surface area contributed by atoms with E-state index in [-0.39, 0.29) is 12.1 Å². The minimum absolute atomic E-state index is 0.243. The molecular formula is C15H19F2NO2. The van der Waals surface area contributed by atoms with E-state index in [9.17, 15) is 13.9 Å². The Labute approximate surface area is 116 Å². The van der Waals surface area contributed by atoms with Crippen LogP contribution in [-0.2, 0) is 4.74 Å². The molecule has 1 aromatic carbocycles. The third-order valence-corrected chi connectivity index (χ3v) is 4.12. The smallest absolute Gasteiger partial charge is 0.159 e. The zero-order valence-electron chi connectivity index (χ0n) is 11.2. The molecule has 1 aromatic rings. The van der Waals surface area contributed by atoms with Gasteiger partial charge in [0.2, 0.25) is 0 Å². The van der Waals surface area contributed by atoms with Gasteiger partial charge in [0.1, 0.15) is 0 Å². The van der Waals surface area contributed by atoms with Gasteiger partial charge in [-0.15, -0.1) is 0 Å². The molecule has 3 atom stereocenters. The molecule has 2 fully saturated rings. The lowest BCUT2D eigenvalue weighted by molar-refractivity contribution is 0.0769. The second-order valence-electron chi connectivity index (χ2n) is 5.67. The van der Waals surface area contributed by atoms with E-state index >= 15 is 0 Å². The lowest BCUT2D eigenvalue weighted by Crippen LogP contribution is -2.39. The summed E-state index contributed by atoms with van der Waals surface area (Å²) < 4.78 is 31.7. The van der Waals surface area contributed by atoms with E-state index in [1.807, 2.05) is 0 Å². The highest BCUT2D eigenvalue weighted by atomic mass is 19.2. The second kappa shape index (κ2) is 5.76. The third-order valence-electron chi connectivity index (χ3n) is 4.12. The van der Waals surface area contributed by atoms with E-state index in [0.717, 1.165) is 25.2 Å². The number of benzene rings is 1. The lowest BCUT2D eigenvalue weighted by atomic mass is 10.0. The highest BCUT2D eigenvalue weighted by Gasteiger charge is 2.40. The van der Waals surface area contributed by atoms with E-state index in [1.165, 1.54) is 18.9 Å².